The Bertz CT molecular complexity index is 412. The number of carbonyl (C=O) groups is 2. The molecular formula is C13H16O4. The highest BCUT2D eigenvalue weighted by Crippen LogP contribution is 2.22. The summed E-state index contributed by atoms with van der Waals surface area (Å²) in [7, 11) is 2.77. The van der Waals surface area contributed by atoms with Gasteiger partial charge in [-0.1, -0.05) is 19.1 Å². The molecule has 0 aromatic heterocycles. The van der Waals surface area contributed by atoms with Crippen LogP contribution in [0, 0.1) is 5.92 Å². The van der Waals surface area contributed by atoms with Gasteiger partial charge in [0, 0.05) is 0 Å². The number of para-hydroxylation sites is 1. The third-order valence-electron chi connectivity index (χ3n) is 2.58. The van der Waals surface area contributed by atoms with Gasteiger partial charge in [-0.15, -0.1) is 0 Å². The monoisotopic (exact) mass is 236 g/mol. The molecule has 0 radical (unpaired) electrons. The fraction of sp³-hybridized carbons (Fsp3) is 0.385. The van der Waals surface area contributed by atoms with Crippen LogP contribution >= 0.6 is 0 Å². The van der Waals surface area contributed by atoms with Gasteiger partial charge < -0.3 is 9.47 Å². The molecule has 1 aromatic rings. The van der Waals surface area contributed by atoms with E-state index in [9.17, 15) is 9.59 Å². The molecule has 0 N–H and O–H groups in total. The van der Waals surface area contributed by atoms with Crippen molar-refractivity contribution < 1.29 is 19.1 Å². The molecule has 0 aliphatic carbocycles. The highest BCUT2D eigenvalue weighted by atomic mass is 16.5. The summed E-state index contributed by atoms with van der Waals surface area (Å²) in [6.45, 7) is 1.77. The van der Waals surface area contributed by atoms with Crippen molar-refractivity contribution in [1.82, 2.24) is 0 Å². The topological polar surface area (TPSA) is 52.6 Å². The Morgan fingerprint density at radius 3 is 2.41 bits per heavy atom. The van der Waals surface area contributed by atoms with E-state index in [1.54, 1.807) is 31.2 Å². The molecule has 4 heteroatoms. The zero-order chi connectivity index (χ0) is 12.8. The first-order valence-corrected chi connectivity index (χ1v) is 5.40. The van der Waals surface area contributed by atoms with Crippen molar-refractivity contribution in [3.8, 4) is 5.75 Å². The van der Waals surface area contributed by atoms with Gasteiger partial charge in [0.05, 0.1) is 19.8 Å². The Morgan fingerprint density at radius 1 is 1.24 bits per heavy atom. The number of hydrogen-bond acceptors (Lipinski definition) is 4. The molecule has 0 amide bonds. The molecule has 0 heterocycles. The predicted molar refractivity (Wildman–Crippen MR) is 63.1 cm³/mol. The average Bonchev–Trinajstić information content (AvgIpc) is 2.38. The number of benzene rings is 1. The highest BCUT2D eigenvalue weighted by Gasteiger charge is 2.28. The Morgan fingerprint density at radius 2 is 1.88 bits per heavy atom. The fourth-order valence-corrected chi connectivity index (χ4v) is 1.64. The van der Waals surface area contributed by atoms with Crippen LogP contribution in [0.5, 0.6) is 5.75 Å². The summed E-state index contributed by atoms with van der Waals surface area (Å²) in [6, 6.07) is 6.85. The van der Waals surface area contributed by atoms with Crippen LogP contribution in [0.15, 0.2) is 24.3 Å². The lowest BCUT2D eigenvalue weighted by molar-refractivity contribution is -0.143. The van der Waals surface area contributed by atoms with E-state index in [1.165, 1.54) is 14.2 Å². The number of carbonyl (C=O) groups excluding carboxylic acids is 2. The number of ether oxygens (including phenoxy) is 2. The van der Waals surface area contributed by atoms with Gasteiger partial charge in [-0.3, -0.25) is 9.59 Å². The molecule has 4 nitrogen and oxygen atoms in total. The van der Waals surface area contributed by atoms with E-state index in [0.717, 1.165) is 0 Å². The summed E-state index contributed by atoms with van der Waals surface area (Å²) in [5.41, 5.74) is 0.409. The quantitative estimate of drug-likeness (QED) is 0.446. The summed E-state index contributed by atoms with van der Waals surface area (Å²) in [4.78, 5) is 23.6. The Balaban J connectivity index is 3.06. The molecule has 0 aliphatic heterocycles. The second-order valence-electron chi connectivity index (χ2n) is 3.55. The van der Waals surface area contributed by atoms with Crippen LogP contribution < -0.4 is 4.74 Å². The lowest BCUT2D eigenvalue weighted by atomic mass is 9.95. The van der Waals surface area contributed by atoms with Crippen LogP contribution in [0.3, 0.4) is 0 Å². The van der Waals surface area contributed by atoms with Gasteiger partial charge in [0.15, 0.2) is 5.78 Å². The minimum absolute atomic E-state index is 0.267. The number of hydrogen-bond donors (Lipinski definition) is 0. The smallest absolute Gasteiger partial charge is 0.316 e. The molecule has 1 atom stereocenters. The Hall–Kier alpha value is -1.84. The number of ketones is 1. The fourth-order valence-electron chi connectivity index (χ4n) is 1.64. The molecule has 1 rings (SSSR count). The van der Waals surface area contributed by atoms with Crippen LogP contribution in [-0.4, -0.2) is 26.0 Å². The summed E-state index contributed by atoms with van der Waals surface area (Å²) in [6.07, 6.45) is 0.406. The summed E-state index contributed by atoms with van der Waals surface area (Å²) >= 11 is 0. The largest absolute Gasteiger partial charge is 0.496 e. The molecule has 0 fully saturated rings. The molecule has 1 unspecified atom stereocenters. The van der Waals surface area contributed by atoms with Crippen LogP contribution in [0.2, 0.25) is 0 Å². The SMILES string of the molecule is CCC(C(=O)OC)C(=O)c1ccccc1OC. The maximum absolute atomic E-state index is 12.2. The van der Waals surface area contributed by atoms with Crippen LogP contribution in [0.1, 0.15) is 23.7 Å². The third kappa shape index (κ3) is 2.84. The van der Waals surface area contributed by atoms with Crippen molar-refractivity contribution >= 4 is 11.8 Å². The first kappa shape index (κ1) is 13.2. The first-order chi connectivity index (χ1) is 8.15. The lowest BCUT2D eigenvalue weighted by Gasteiger charge is -2.13. The minimum Gasteiger partial charge on any atom is -0.496 e. The molecule has 1 aromatic carbocycles. The van der Waals surface area contributed by atoms with Gasteiger partial charge in [-0.05, 0) is 18.6 Å². The molecule has 0 saturated heterocycles. The van der Waals surface area contributed by atoms with E-state index in [2.05, 4.69) is 4.74 Å². The van der Waals surface area contributed by atoms with Crippen molar-refractivity contribution in [1.29, 1.82) is 0 Å². The van der Waals surface area contributed by atoms with Gasteiger partial charge in [0.25, 0.3) is 0 Å². The summed E-state index contributed by atoms with van der Waals surface area (Å²) in [5.74, 6) is -1.07. The predicted octanol–water partition coefficient (Wildman–Crippen LogP) is 2.08. The molecule has 0 saturated carbocycles. The maximum atomic E-state index is 12.2. The highest BCUT2D eigenvalue weighted by molar-refractivity contribution is 6.10. The van der Waals surface area contributed by atoms with Gasteiger partial charge in [-0.2, -0.15) is 0 Å². The molecule has 0 bridgehead atoms. The molecule has 17 heavy (non-hydrogen) atoms. The van der Waals surface area contributed by atoms with E-state index in [4.69, 9.17) is 4.74 Å². The zero-order valence-corrected chi connectivity index (χ0v) is 10.2. The van der Waals surface area contributed by atoms with Crippen molar-refractivity contribution in [3.63, 3.8) is 0 Å². The molecule has 0 spiro atoms. The number of methoxy groups -OCH3 is 2. The normalized spacial score (nSPS) is 11.7. The van der Waals surface area contributed by atoms with E-state index in [-0.39, 0.29) is 5.78 Å². The molecular weight excluding hydrogens is 220 g/mol. The van der Waals surface area contributed by atoms with Gasteiger partial charge in [-0.25, -0.2) is 0 Å². The summed E-state index contributed by atoms with van der Waals surface area (Å²) in [5, 5.41) is 0. The van der Waals surface area contributed by atoms with E-state index >= 15 is 0 Å². The number of esters is 1. The second kappa shape index (κ2) is 6.03. The standard InChI is InChI=1S/C13H16O4/c1-4-9(13(15)17-3)12(14)10-7-5-6-8-11(10)16-2/h5-9H,4H2,1-3H3. The Kier molecular flexibility index (Phi) is 4.69. The van der Waals surface area contributed by atoms with Gasteiger partial charge in [0.2, 0.25) is 0 Å². The first-order valence-electron chi connectivity index (χ1n) is 5.40. The van der Waals surface area contributed by atoms with Crippen LogP contribution in [-0.2, 0) is 9.53 Å². The number of rotatable bonds is 5. The maximum Gasteiger partial charge on any atom is 0.316 e. The summed E-state index contributed by atoms with van der Waals surface area (Å²) < 4.78 is 9.72. The van der Waals surface area contributed by atoms with Crippen molar-refractivity contribution in [2.75, 3.05) is 14.2 Å². The van der Waals surface area contributed by atoms with Crippen molar-refractivity contribution in [2.24, 2.45) is 5.92 Å². The number of Topliss-reactive ketones (excluding diaryl/α,β-unsaturated/α-hetero) is 1. The molecule has 0 aliphatic rings. The molecule has 92 valence electrons. The van der Waals surface area contributed by atoms with E-state index in [1.807, 2.05) is 0 Å². The average molecular weight is 236 g/mol. The van der Waals surface area contributed by atoms with Crippen LogP contribution in [0.4, 0.5) is 0 Å². The second-order valence-corrected chi connectivity index (χ2v) is 3.55. The zero-order valence-electron chi connectivity index (χ0n) is 10.2. The third-order valence-corrected chi connectivity index (χ3v) is 2.58. The van der Waals surface area contributed by atoms with E-state index in [0.29, 0.717) is 17.7 Å². The van der Waals surface area contributed by atoms with E-state index < -0.39 is 11.9 Å². The van der Waals surface area contributed by atoms with Gasteiger partial charge in [0.1, 0.15) is 11.7 Å². The lowest BCUT2D eigenvalue weighted by Crippen LogP contribution is -2.25. The van der Waals surface area contributed by atoms with Gasteiger partial charge >= 0.3 is 5.97 Å². The minimum atomic E-state index is -0.767. The van der Waals surface area contributed by atoms with Crippen molar-refractivity contribution in [3.05, 3.63) is 29.8 Å². The van der Waals surface area contributed by atoms with Crippen LogP contribution in [0.25, 0.3) is 0 Å². The Labute approximate surface area is 101 Å². The van der Waals surface area contributed by atoms with Crippen molar-refractivity contribution in [2.45, 2.75) is 13.3 Å².